The number of rotatable bonds is 2. The highest BCUT2D eigenvalue weighted by Crippen LogP contribution is 2.11. The Morgan fingerprint density at radius 2 is 2.08 bits per heavy atom. The van der Waals surface area contributed by atoms with E-state index in [1.165, 1.54) is 4.90 Å². The van der Waals surface area contributed by atoms with Crippen molar-refractivity contribution in [1.29, 1.82) is 0 Å². The van der Waals surface area contributed by atoms with Gasteiger partial charge in [-0.15, -0.1) is 0 Å². The van der Waals surface area contributed by atoms with Gasteiger partial charge in [0.1, 0.15) is 11.9 Å². The fourth-order valence-electron chi connectivity index (χ4n) is 0.944. The second-order valence-corrected chi connectivity index (χ2v) is 5.11. The van der Waals surface area contributed by atoms with Crippen molar-refractivity contribution in [1.82, 2.24) is 4.90 Å². The molecule has 0 aromatic rings. The lowest BCUT2D eigenvalue weighted by atomic mass is 10.2. The Kier molecular flexibility index (Phi) is 2.36. The smallest absolute Gasteiger partial charge is 0.237 e. The van der Waals surface area contributed by atoms with Crippen LogP contribution in [-0.2, 0) is 14.6 Å². The van der Waals surface area contributed by atoms with E-state index in [0.717, 1.165) is 6.26 Å². The van der Waals surface area contributed by atoms with Crippen molar-refractivity contribution in [2.75, 3.05) is 25.1 Å². The van der Waals surface area contributed by atoms with Crippen molar-refractivity contribution in [3.05, 3.63) is 0 Å². The number of halogens is 1. The third kappa shape index (κ3) is 2.44. The van der Waals surface area contributed by atoms with Gasteiger partial charge in [-0.05, 0) is 0 Å². The Balaban J connectivity index is 2.41. The van der Waals surface area contributed by atoms with E-state index >= 15 is 0 Å². The zero-order chi connectivity index (χ0) is 9.35. The third-order valence-corrected chi connectivity index (χ3v) is 2.35. The average molecular weight is 195 g/mol. The zero-order valence-corrected chi connectivity index (χ0v) is 7.47. The van der Waals surface area contributed by atoms with Gasteiger partial charge in [0.25, 0.3) is 0 Å². The highest BCUT2D eigenvalue weighted by Gasteiger charge is 2.31. The molecule has 1 fully saturated rings. The van der Waals surface area contributed by atoms with E-state index in [-0.39, 0.29) is 13.1 Å². The van der Waals surface area contributed by atoms with E-state index in [4.69, 9.17) is 0 Å². The van der Waals surface area contributed by atoms with Crippen LogP contribution in [0.15, 0.2) is 0 Å². The van der Waals surface area contributed by atoms with Crippen LogP contribution in [0.25, 0.3) is 0 Å². The molecular weight excluding hydrogens is 185 g/mol. The molecule has 1 rings (SSSR count). The number of nitrogens with zero attached hydrogens (tertiary/aromatic N) is 1. The number of carbonyl (C=O) groups is 1. The van der Waals surface area contributed by atoms with Crippen LogP contribution in [-0.4, -0.2) is 50.5 Å². The largest absolute Gasteiger partial charge is 0.336 e. The van der Waals surface area contributed by atoms with Gasteiger partial charge in [0, 0.05) is 6.26 Å². The summed E-state index contributed by atoms with van der Waals surface area (Å²) in [6, 6.07) is 0. The zero-order valence-electron chi connectivity index (χ0n) is 6.66. The molecule has 0 spiro atoms. The second kappa shape index (κ2) is 3.01. The Bertz CT molecular complexity index is 281. The van der Waals surface area contributed by atoms with Crippen LogP contribution < -0.4 is 0 Å². The lowest BCUT2D eigenvalue weighted by Gasteiger charge is -2.34. The van der Waals surface area contributed by atoms with Gasteiger partial charge in [0.05, 0.1) is 13.1 Å². The molecule has 0 aliphatic carbocycles. The first-order valence-electron chi connectivity index (χ1n) is 3.48. The Hall–Kier alpha value is -0.650. The summed E-state index contributed by atoms with van der Waals surface area (Å²) in [6.07, 6.45) is 0.00551. The van der Waals surface area contributed by atoms with Gasteiger partial charge in [-0.1, -0.05) is 0 Å². The first-order chi connectivity index (χ1) is 5.38. The van der Waals surface area contributed by atoms with Gasteiger partial charge >= 0.3 is 0 Å². The van der Waals surface area contributed by atoms with Gasteiger partial charge < -0.3 is 4.90 Å². The maximum Gasteiger partial charge on any atom is 0.237 e. The number of likely N-dealkylation sites (tertiary alicyclic amines) is 1. The van der Waals surface area contributed by atoms with E-state index in [1.807, 2.05) is 0 Å². The lowest BCUT2D eigenvalue weighted by molar-refractivity contribution is -0.135. The molecule has 6 heteroatoms. The van der Waals surface area contributed by atoms with Crippen molar-refractivity contribution in [2.45, 2.75) is 6.17 Å². The standard InChI is InChI=1S/C6H10FNO3S/c1-12(10,11)4-6(9)8-2-5(7)3-8/h5H,2-4H2,1H3. The summed E-state index contributed by atoms with van der Waals surface area (Å²) >= 11 is 0. The normalized spacial score (nSPS) is 19.0. The van der Waals surface area contributed by atoms with Gasteiger partial charge in [-0.3, -0.25) is 4.79 Å². The van der Waals surface area contributed by atoms with Crippen molar-refractivity contribution in [3.8, 4) is 0 Å². The molecule has 1 amide bonds. The molecule has 0 bridgehead atoms. The first kappa shape index (κ1) is 9.44. The van der Waals surface area contributed by atoms with Crippen molar-refractivity contribution >= 4 is 15.7 Å². The van der Waals surface area contributed by atoms with E-state index < -0.39 is 27.7 Å². The topological polar surface area (TPSA) is 54.5 Å². The van der Waals surface area contributed by atoms with Crippen LogP contribution in [0.5, 0.6) is 0 Å². The second-order valence-electron chi connectivity index (χ2n) is 2.97. The van der Waals surface area contributed by atoms with Crippen molar-refractivity contribution in [3.63, 3.8) is 0 Å². The predicted octanol–water partition coefficient (Wildman–Crippen LogP) is -0.789. The molecule has 1 aliphatic heterocycles. The maximum atomic E-state index is 12.2. The fraction of sp³-hybridized carbons (Fsp3) is 0.833. The van der Waals surface area contributed by atoms with Crippen molar-refractivity contribution < 1.29 is 17.6 Å². The number of hydrogen-bond acceptors (Lipinski definition) is 3. The summed E-state index contributed by atoms with van der Waals surface area (Å²) in [5, 5.41) is 0. The third-order valence-electron chi connectivity index (χ3n) is 1.58. The van der Waals surface area contributed by atoms with Crippen LogP contribution in [0.2, 0.25) is 0 Å². The van der Waals surface area contributed by atoms with Gasteiger partial charge in [0.15, 0.2) is 9.84 Å². The number of alkyl halides is 1. The number of carbonyl (C=O) groups excluding carboxylic acids is 1. The lowest BCUT2D eigenvalue weighted by Crippen LogP contribution is -2.53. The summed E-state index contributed by atoms with van der Waals surface area (Å²) in [4.78, 5) is 12.2. The van der Waals surface area contributed by atoms with Gasteiger partial charge in [0.2, 0.25) is 5.91 Å². The molecule has 0 aromatic carbocycles. The predicted molar refractivity (Wildman–Crippen MR) is 41.2 cm³/mol. The Morgan fingerprint density at radius 3 is 2.42 bits per heavy atom. The Labute approximate surface area is 70.3 Å². The van der Waals surface area contributed by atoms with Gasteiger partial charge in [-0.2, -0.15) is 0 Å². The Morgan fingerprint density at radius 1 is 1.58 bits per heavy atom. The highest BCUT2D eigenvalue weighted by atomic mass is 32.2. The SMILES string of the molecule is CS(=O)(=O)CC(=O)N1CC(F)C1. The summed E-state index contributed by atoms with van der Waals surface area (Å²) in [6.45, 7) is 0.0721. The van der Waals surface area contributed by atoms with E-state index in [0.29, 0.717) is 0 Å². The molecule has 0 unspecified atom stereocenters. The fourth-order valence-corrected chi connectivity index (χ4v) is 1.58. The molecule has 12 heavy (non-hydrogen) atoms. The summed E-state index contributed by atoms with van der Waals surface area (Å²) in [7, 11) is -3.28. The van der Waals surface area contributed by atoms with E-state index in [9.17, 15) is 17.6 Å². The monoisotopic (exact) mass is 195 g/mol. The van der Waals surface area contributed by atoms with E-state index in [1.54, 1.807) is 0 Å². The minimum atomic E-state index is -3.28. The molecule has 0 N–H and O–H groups in total. The molecule has 0 atom stereocenters. The van der Waals surface area contributed by atoms with Crippen LogP contribution in [0.3, 0.4) is 0 Å². The quantitative estimate of drug-likeness (QED) is 0.580. The minimum absolute atomic E-state index is 0.0361. The van der Waals surface area contributed by atoms with Crippen LogP contribution in [0, 0.1) is 0 Å². The molecular formula is C6H10FNO3S. The van der Waals surface area contributed by atoms with E-state index in [2.05, 4.69) is 0 Å². The van der Waals surface area contributed by atoms with Crippen LogP contribution in [0.4, 0.5) is 4.39 Å². The maximum absolute atomic E-state index is 12.2. The molecule has 1 saturated heterocycles. The minimum Gasteiger partial charge on any atom is -0.336 e. The number of amides is 1. The highest BCUT2D eigenvalue weighted by molar-refractivity contribution is 7.91. The van der Waals surface area contributed by atoms with Crippen molar-refractivity contribution in [2.24, 2.45) is 0 Å². The molecule has 1 heterocycles. The number of sulfone groups is 1. The molecule has 0 aromatic heterocycles. The summed E-state index contributed by atoms with van der Waals surface area (Å²) < 4.78 is 33.5. The molecule has 0 saturated carbocycles. The van der Waals surface area contributed by atoms with Crippen LogP contribution >= 0.6 is 0 Å². The summed E-state index contributed by atoms with van der Waals surface area (Å²) in [5.41, 5.74) is 0. The molecule has 1 aliphatic rings. The number of hydrogen-bond donors (Lipinski definition) is 0. The molecule has 4 nitrogen and oxygen atoms in total. The van der Waals surface area contributed by atoms with Crippen LogP contribution in [0.1, 0.15) is 0 Å². The first-order valence-corrected chi connectivity index (χ1v) is 5.54. The molecule has 70 valence electrons. The average Bonchev–Trinajstić information content (AvgIpc) is 1.76. The van der Waals surface area contributed by atoms with Gasteiger partial charge in [-0.25, -0.2) is 12.8 Å². The summed E-state index contributed by atoms with van der Waals surface area (Å²) in [5.74, 6) is -1.02. The molecule has 0 radical (unpaired) electrons.